The van der Waals surface area contributed by atoms with Gasteiger partial charge >= 0.3 is 0 Å². The van der Waals surface area contributed by atoms with Crippen molar-refractivity contribution >= 4 is 41.6 Å². The van der Waals surface area contributed by atoms with Crippen molar-refractivity contribution in [2.75, 3.05) is 13.1 Å². The number of fused-ring (bicyclic) bond motifs is 3. The molecule has 2 aliphatic heterocycles. The summed E-state index contributed by atoms with van der Waals surface area (Å²) in [6.45, 7) is 3.78. The highest BCUT2D eigenvalue weighted by Crippen LogP contribution is 2.40. The number of carbonyl (C=O) groups is 1. The average Bonchev–Trinajstić information content (AvgIpc) is 3.38. The maximum Gasteiger partial charge on any atom is 0.254 e. The molecule has 2 bridgehead atoms. The van der Waals surface area contributed by atoms with E-state index in [4.69, 9.17) is 4.98 Å². The first kappa shape index (κ1) is 20.4. The lowest BCUT2D eigenvalue weighted by Gasteiger charge is -2.25. The van der Waals surface area contributed by atoms with Gasteiger partial charge in [-0.05, 0) is 57.2 Å². The molecule has 6 heteroatoms. The third-order valence-corrected chi connectivity index (χ3v) is 6.02. The molecule has 3 aliphatic rings. The van der Waals surface area contributed by atoms with Gasteiger partial charge in [0.25, 0.3) is 5.91 Å². The third-order valence-electron chi connectivity index (χ3n) is 6.02. The molecular formula is C21H27Cl2N3O. The molecule has 0 radical (unpaired) electrons. The molecule has 2 unspecified atom stereocenters. The van der Waals surface area contributed by atoms with Crippen LogP contribution in [0, 0.1) is 6.92 Å². The van der Waals surface area contributed by atoms with E-state index in [-0.39, 0.29) is 30.7 Å². The second-order valence-electron chi connectivity index (χ2n) is 8.07. The van der Waals surface area contributed by atoms with Crippen LogP contribution in [-0.4, -0.2) is 41.0 Å². The molecule has 1 saturated carbocycles. The Morgan fingerprint density at radius 1 is 1.07 bits per heavy atom. The fourth-order valence-electron chi connectivity index (χ4n) is 4.42. The molecule has 2 aromatic rings. The van der Waals surface area contributed by atoms with Crippen LogP contribution < -0.4 is 5.32 Å². The first-order valence-corrected chi connectivity index (χ1v) is 9.64. The topological polar surface area (TPSA) is 45.2 Å². The van der Waals surface area contributed by atoms with E-state index in [9.17, 15) is 4.79 Å². The summed E-state index contributed by atoms with van der Waals surface area (Å²) in [7, 11) is 0. The summed E-state index contributed by atoms with van der Waals surface area (Å²) < 4.78 is 0. The molecule has 1 aromatic carbocycles. The molecule has 27 heavy (non-hydrogen) atoms. The Labute approximate surface area is 172 Å². The molecule has 4 nitrogen and oxygen atoms in total. The first-order chi connectivity index (χ1) is 12.2. The molecule has 1 amide bonds. The third kappa shape index (κ3) is 3.94. The van der Waals surface area contributed by atoms with Crippen LogP contribution in [0.25, 0.3) is 10.9 Å². The fourth-order valence-corrected chi connectivity index (χ4v) is 4.42. The predicted molar refractivity (Wildman–Crippen MR) is 113 cm³/mol. The lowest BCUT2D eigenvalue weighted by atomic mass is 10.0. The van der Waals surface area contributed by atoms with Gasteiger partial charge in [0.05, 0.1) is 11.1 Å². The van der Waals surface area contributed by atoms with Gasteiger partial charge in [-0.1, -0.05) is 11.6 Å². The fraction of sp³-hybridized carbons (Fsp3) is 0.524. The Kier molecular flexibility index (Phi) is 5.99. The van der Waals surface area contributed by atoms with E-state index in [2.05, 4.69) is 41.4 Å². The Morgan fingerprint density at radius 2 is 1.85 bits per heavy atom. The van der Waals surface area contributed by atoms with Crippen molar-refractivity contribution in [3.63, 3.8) is 0 Å². The second-order valence-corrected chi connectivity index (χ2v) is 8.07. The molecule has 2 atom stereocenters. The minimum atomic E-state index is 0. The number of nitrogens with zero attached hydrogens (tertiary/aromatic N) is 2. The summed E-state index contributed by atoms with van der Waals surface area (Å²) in [5, 5.41) is 4.68. The molecule has 0 spiro atoms. The van der Waals surface area contributed by atoms with Crippen LogP contribution in [0.2, 0.25) is 0 Å². The molecule has 1 aliphatic carbocycles. The number of aromatic nitrogens is 1. The van der Waals surface area contributed by atoms with Crippen molar-refractivity contribution in [1.82, 2.24) is 15.2 Å². The van der Waals surface area contributed by atoms with Crippen LogP contribution in [0.15, 0.2) is 24.3 Å². The minimum absolute atomic E-state index is 0. The second kappa shape index (κ2) is 7.94. The highest BCUT2D eigenvalue weighted by molar-refractivity contribution is 6.06. The molecule has 3 fully saturated rings. The first-order valence-electron chi connectivity index (χ1n) is 9.64. The number of likely N-dealkylation sites (tertiary alicyclic amines) is 1. The van der Waals surface area contributed by atoms with E-state index >= 15 is 0 Å². The summed E-state index contributed by atoms with van der Waals surface area (Å²) >= 11 is 0. The van der Waals surface area contributed by atoms with Gasteiger partial charge in [-0.15, -0.1) is 24.8 Å². The predicted octanol–water partition coefficient (Wildman–Crippen LogP) is 4.23. The standard InChI is InChI=1S/C21H25N3O.2ClH/c1-13-2-7-19-17(10-13)18(11-20(23-19)14-3-4-14)21(25)24-9-8-15-5-6-16(12-24)22-15;;/h2,7,10-11,14-16,22H,3-6,8-9,12H2,1H3;2*1H. The molecule has 1 N–H and O–H groups in total. The molecular weight excluding hydrogens is 381 g/mol. The van der Waals surface area contributed by atoms with Crippen molar-refractivity contribution in [1.29, 1.82) is 0 Å². The number of amides is 1. The van der Waals surface area contributed by atoms with E-state index in [0.717, 1.165) is 41.7 Å². The molecule has 5 rings (SSSR count). The molecule has 146 valence electrons. The lowest BCUT2D eigenvalue weighted by molar-refractivity contribution is 0.0750. The molecule has 3 heterocycles. The van der Waals surface area contributed by atoms with Crippen molar-refractivity contribution in [3.05, 3.63) is 41.1 Å². The van der Waals surface area contributed by atoms with Gasteiger partial charge in [0.2, 0.25) is 0 Å². The number of pyridine rings is 1. The van der Waals surface area contributed by atoms with Crippen molar-refractivity contribution in [2.24, 2.45) is 0 Å². The SMILES string of the molecule is Cc1ccc2nc(C3CC3)cc(C(=O)N3CCC4CCC(C3)N4)c2c1.Cl.Cl. The van der Waals surface area contributed by atoms with Gasteiger partial charge < -0.3 is 10.2 Å². The van der Waals surface area contributed by atoms with Crippen molar-refractivity contribution < 1.29 is 4.79 Å². The van der Waals surface area contributed by atoms with E-state index < -0.39 is 0 Å². The summed E-state index contributed by atoms with van der Waals surface area (Å²) in [6.07, 6.45) is 5.93. The van der Waals surface area contributed by atoms with Crippen LogP contribution >= 0.6 is 24.8 Å². The van der Waals surface area contributed by atoms with Crippen LogP contribution in [0.1, 0.15) is 59.6 Å². The molecule has 2 saturated heterocycles. The lowest BCUT2D eigenvalue weighted by Crippen LogP contribution is -2.39. The average molecular weight is 408 g/mol. The zero-order chi connectivity index (χ0) is 17.0. The zero-order valence-electron chi connectivity index (χ0n) is 15.6. The van der Waals surface area contributed by atoms with Crippen LogP contribution in [-0.2, 0) is 0 Å². The monoisotopic (exact) mass is 407 g/mol. The maximum absolute atomic E-state index is 13.4. The van der Waals surface area contributed by atoms with E-state index in [1.807, 2.05) is 0 Å². The van der Waals surface area contributed by atoms with Crippen LogP contribution in [0.5, 0.6) is 0 Å². The zero-order valence-corrected chi connectivity index (χ0v) is 17.2. The summed E-state index contributed by atoms with van der Waals surface area (Å²) in [6, 6.07) is 9.43. The highest BCUT2D eigenvalue weighted by atomic mass is 35.5. The highest BCUT2D eigenvalue weighted by Gasteiger charge is 2.33. The number of hydrogen-bond acceptors (Lipinski definition) is 3. The number of halogens is 2. The minimum Gasteiger partial charge on any atom is -0.337 e. The Balaban J connectivity index is 0.00000105. The number of rotatable bonds is 2. The number of benzene rings is 1. The van der Waals surface area contributed by atoms with Gasteiger partial charge in [-0.2, -0.15) is 0 Å². The largest absolute Gasteiger partial charge is 0.337 e. The maximum atomic E-state index is 13.4. The number of nitrogens with one attached hydrogen (secondary N) is 1. The van der Waals surface area contributed by atoms with E-state index in [0.29, 0.717) is 18.0 Å². The summed E-state index contributed by atoms with van der Waals surface area (Å²) in [5.74, 6) is 0.744. The Morgan fingerprint density at radius 3 is 2.63 bits per heavy atom. The Bertz CT molecular complexity index is 853. The van der Waals surface area contributed by atoms with Crippen molar-refractivity contribution in [2.45, 2.75) is 57.0 Å². The smallest absolute Gasteiger partial charge is 0.254 e. The van der Waals surface area contributed by atoms with Crippen LogP contribution in [0.4, 0.5) is 0 Å². The summed E-state index contributed by atoms with van der Waals surface area (Å²) in [4.78, 5) is 20.3. The normalized spacial score (nSPS) is 24.1. The van der Waals surface area contributed by atoms with Gasteiger partial charge in [-0.25, -0.2) is 0 Å². The van der Waals surface area contributed by atoms with Crippen LogP contribution in [0.3, 0.4) is 0 Å². The summed E-state index contributed by atoms with van der Waals surface area (Å²) in [5.41, 5.74) is 4.11. The van der Waals surface area contributed by atoms with Gasteiger partial charge in [0.1, 0.15) is 0 Å². The molecule has 1 aromatic heterocycles. The van der Waals surface area contributed by atoms with E-state index in [1.54, 1.807) is 0 Å². The van der Waals surface area contributed by atoms with Crippen molar-refractivity contribution in [3.8, 4) is 0 Å². The number of carbonyl (C=O) groups excluding carboxylic acids is 1. The number of hydrogen-bond donors (Lipinski definition) is 1. The van der Waals surface area contributed by atoms with Gasteiger partial charge in [-0.3, -0.25) is 9.78 Å². The van der Waals surface area contributed by atoms with Gasteiger partial charge in [0, 0.05) is 42.2 Å². The van der Waals surface area contributed by atoms with E-state index in [1.165, 1.54) is 31.2 Å². The van der Waals surface area contributed by atoms with Gasteiger partial charge in [0.15, 0.2) is 0 Å². The number of aryl methyl sites for hydroxylation is 1. The Hall–Kier alpha value is -1.36. The quantitative estimate of drug-likeness (QED) is 0.809.